The Kier molecular flexibility index (Phi) is 75.8. The second kappa shape index (κ2) is 77.5. The van der Waals surface area contributed by atoms with E-state index >= 15 is 0 Å². The maximum atomic E-state index is 12.6. The first-order valence-corrected chi connectivity index (χ1v) is 40.2. The molecule has 0 spiro atoms. The topological polar surface area (TPSA) is 95.9 Å². The van der Waals surface area contributed by atoms with Gasteiger partial charge >= 0.3 is 5.97 Å². The SMILES string of the molecule is CCCCCC/C=C\C/C=C\CCCCCCCCCC(=O)OCCCCCCCCCCCCCC/C=C\CCCCCCCCCCCCCCCCCCCC(=O)NC(CO)C(O)CCCCCCCCCCCCCCCCCCCCCC. The molecule has 0 aromatic heterocycles. The van der Waals surface area contributed by atoms with E-state index in [1.54, 1.807) is 0 Å². The molecule has 6 heteroatoms. The molecule has 0 radical (unpaired) electrons. The summed E-state index contributed by atoms with van der Waals surface area (Å²) in [6.07, 6.45) is 101. The summed E-state index contributed by atoms with van der Waals surface area (Å²) in [5.41, 5.74) is 0. The zero-order chi connectivity index (χ0) is 63.5. The zero-order valence-electron chi connectivity index (χ0n) is 59.7. The van der Waals surface area contributed by atoms with Crippen LogP contribution in [0.2, 0.25) is 0 Å². The first kappa shape index (κ1) is 86.1. The minimum atomic E-state index is -0.663. The summed E-state index contributed by atoms with van der Waals surface area (Å²) in [6.45, 7) is 4.98. The van der Waals surface area contributed by atoms with E-state index < -0.39 is 12.1 Å². The highest BCUT2D eigenvalue weighted by Gasteiger charge is 2.20. The smallest absolute Gasteiger partial charge is 0.305 e. The van der Waals surface area contributed by atoms with Gasteiger partial charge in [-0.05, 0) is 83.5 Å². The number of esters is 1. The fourth-order valence-electron chi connectivity index (χ4n) is 12.8. The minimum Gasteiger partial charge on any atom is -0.466 e. The monoisotopic (exact) mass is 1240 g/mol. The second-order valence-corrected chi connectivity index (χ2v) is 27.7. The molecule has 0 aliphatic carbocycles. The highest BCUT2D eigenvalue weighted by molar-refractivity contribution is 5.76. The Morgan fingerprint density at radius 1 is 0.318 bits per heavy atom. The molecule has 0 saturated heterocycles. The molecule has 2 atom stereocenters. The van der Waals surface area contributed by atoms with Crippen LogP contribution in [0.1, 0.15) is 450 Å². The minimum absolute atomic E-state index is 0.0121. The molecule has 1 amide bonds. The van der Waals surface area contributed by atoms with Crippen molar-refractivity contribution in [2.24, 2.45) is 0 Å². The molecule has 2 unspecified atom stereocenters. The number of hydrogen-bond acceptors (Lipinski definition) is 5. The van der Waals surface area contributed by atoms with E-state index in [1.807, 2.05) is 0 Å². The van der Waals surface area contributed by atoms with Crippen LogP contribution in [0.3, 0.4) is 0 Å². The maximum absolute atomic E-state index is 12.6. The molecule has 0 aromatic rings. The average molecular weight is 1240 g/mol. The van der Waals surface area contributed by atoms with Gasteiger partial charge in [-0.2, -0.15) is 0 Å². The normalized spacial score (nSPS) is 12.6. The Labute approximate surface area is 551 Å². The third-order valence-corrected chi connectivity index (χ3v) is 18.9. The number of amides is 1. The number of carbonyl (C=O) groups is 2. The lowest BCUT2D eigenvalue weighted by Crippen LogP contribution is -2.45. The van der Waals surface area contributed by atoms with Gasteiger partial charge in [0.25, 0.3) is 0 Å². The van der Waals surface area contributed by atoms with Crippen LogP contribution in [-0.2, 0) is 14.3 Å². The first-order valence-electron chi connectivity index (χ1n) is 40.2. The largest absolute Gasteiger partial charge is 0.466 e. The summed E-state index contributed by atoms with van der Waals surface area (Å²) in [5, 5.41) is 23.4. The molecule has 88 heavy (non-hydrogen) atoms. The van der Waals surface area contributed by atoms with Crippen molar-refractivity contribution in [3.05, 3.63) is 36.5 Å². The summed E-state index contributed by atoms with van der Waals surface area (Å²) in [6, 6.07) is -0.540. The van der Waals surface area contributed by atoms with Crippen LogP contribution in [0.4, 0.5) is 0 Å². The Hall–Kier alpha value is -1.92. The predicted molar refractivity (Wildman–Crippen MR) is 389 cm³/mol. The van der Waals surface area contributed by atoms with Crippen molar-refractivity contribution < 1.29 is 24.5 Å². The lowest BCUT2D eigenvalue weighted by atomic mass is 10.0. The molecule has 3 N–H and O–H groups in total. The van der Waals surface area contributed by atoms with E-state index in [9.17, 15) is 19.8 Å². The number of nitrogens with one attached hydrogen (secondary N) is 1. The molecule has 0 heterocycles. The first-order chi connectivity index (χ1) is 43.5. The number of carbonyl (C=O) groups excluding carboxylic acids is 2. The Bertz CT molecular complexity index is 1430. The third kappa shape index (κ3) is 73.1. The molecular formula is C82H157NO5. The second-order valence-electron chi connectivity index (χ2n) is 27.7. The number of hydrogen-bond donors (Lipinski definition) is 3. The van der Waals surface area contributed by atoms with Gasteiger partial charge < -0.3 is 20.3 Å². The van der Waals surface area contributed by atoms with Crippen molar-refractivity contribution in [2.45, 2.75) is 463 Å². The Balaban J connectivity index is 3.35. The fourth-order valence-corrected chi connectivity index (χ4v) is 12.8. The number of aliphatic hydroxyl groups is 2. The van der Waals surface area contributed by atoms with Crippen molar-refractivity contribution in [3.63, 3.8) is 0 Å². The van der Waals surface area contributed by atoms with Crippen LogP contribution < -0.4 is 5.32 Å². The van der Waals surface area contributed by atoms with Gasteiger partial charge in [-0.3, -0.25) is 9.59 Å². The number of aliphatic hydroxyl groups excluding tert-OH is 2. The molecule has 0 aliphatic rings. The van der Waals surface area contributed by atoms with E-state index in [2.05, 4.69) is 55.6 Å². The number of rotatable bonds is 76. The quantitative estimate of drug-likeness (QED) is 0.0320. The van der Waals surface area contributed by atoms with Crippen LogP contribution in [0.25, 0.3) is 0 Å². The number of unbranched alkanes of at least 4 members (excludes halogenated alkanes) is 59. The molecule has 520 valence electrons. The lowest BCUT2D eigenvalue weighted by Gasteiger charge is -2.22. The molecule has 0 bridgehead atoms. The Morgan fingerprint density at radius 2 is 0.568 bits per heavy atom. The standard InChI is InChI=1S/C82H157NO5/c1-3-5-7-9-11-13-15-17-19-21-23-39-42-46-50-54-58-62-66-70-74-80(85)79(78-84)83-81(86)75-71-67-63-59-55-51-47-43-40-37-35-33-31-29-27-25-24-26-28-30-32-34-36-38-41-45-49-53-57-61-65-69-73-77-88-82(87)76-72-68-64-60-56-52-48-44-22-20-18-16-14-12-10-8-6-4-2/h14,16,20,22,28,30,79-80,84-85H,3-13,15,17-19,21,23-27,29,31-78H2,1-2H3,(H,83,86)/b16-14-,22-20-,30-28-. The zero-order valence-corrected chi connectivity index (χ0v) is 59.7. The third-order valence-electron chi connectivity index (χ3n) is 18.9. The van der Waals surface area contributed by atoms with Crippen molar-refractivity contribution in [1.29, 1.82) is 0 Å². The van der Waals surface area contributed by atoms with Crippen LogP contribution in [0.5, 0.6) is 0 Å². The highest BCUT2D eigenvalue weighted by Crippen LogP contribution is 2.20. The van der Waals surface area contributed by atoms with Gasteiger partial charge in [-0.25, -0.2) is 0 Å². The number of allylic oxidation sites excluding steroid dienone is 6. The van der Waals surface area contributed by atoms with E-state index in [1.165, 1.54) is 366 Å². The van der Waals surface area contributed by atoms with E-state index in [4.69, 9.17) is 4.74 Å². The summed E-state index contributed by atoms with van der Waals surface area (Å²) in [5.74, 6) is -0.0149. The molecule has 6 nitrogen and oxygen atoms in total. The summed E-state index contributed by atoms with van der Waals surface area (Å²) >= 11 is 0. The van der Waals surface area contributed by atoms with Gasteiger partial charge in [-0.15, -0.1) is 0 Å². The van der Waals surface area contributed by atoms with Gasteiger partial charge in [0.1, 0.15) is 0 Å². The van der Waals surface area contributed by atoms with Gasteiger partial charge in [0.15, 0.2) is 0 Å². The van der Waals surface area contributed by atoms with Crippen molar-refractivity contribution in [1.82, 2.24) is 5.32 Å². The maximum Gasteiger partial charge on any atom is 0.305 e. The molecule has 0 aromatic carbocycles. The molecule has 0 aliphatic heterocycles. The van der Waals surface area contributed by atoms with Crippen LogP contribution in [0, 0.1) is 0 Å². The van der Waals surface area contributed by atoms with Gasteiger partial charge in [-0.1, -0.05) is 391 Å². The van der Waals surface area contributed by atoms with E-state index in [0.717, 1.165) is 51.4 Å². The highest BCUT2D eigenvalue weighted by atomic mass is 16.5. The fraction of sp³-hybridized carbons (Fsp3) is 0.902. The van der Waals surface area contributed by atoms with Crippen LogP contribution >= 0.6 is 0 Å². The lowest BCUT2D eigenvalue weighted by molar-refractivity contribution is -0.143. The van der Waals surface area contributed by atoms with Crippen molar-refractivity contribution >= 4 is 11.9 Å². The number of ether oxygens (including phenoxy) is 1. The summed E-state index contributed by atoms with van der Waals surface area (Å²) in [7, 11) is 0. The van der Waals surface area contributed by atoms with E-state index in [0.29, 0.717) is 25.9 Å². The van der Waals surface area contributed by atoms with Crippen LogP contribution in [0.15, 0.2) is 36.5 Å². The van der Waals surface area contributed by atoms with E-state index in [-0.39, 0.29) is 18.5 Å². The molecule has 0 rings (SSSR count). The molecule has 0 saturated carbocycles. The van der Waals surface area contributed by atoms with Gasteiger partial charge in [0.2, 0.25) is 5.91 Å². The average Bonchev–Trinajstić information content (AvgIpc) is 3.58. The predicted octanol–water partition coefficient (Wildman–Crippen LogP) is 26.6. The summed E-state index contributed by atoms with van der Waals surface area (Å²) < 4.78 is 5.51. The molecular weight excluding hydrogens is 1080 g/mol. The van der Waals surface area contributed by atoms with Gasteiger partial charge in [0, 0.05) is 12.8 Å². The molecule has 0 fully saturated rings. The van der Waals surface area contributed by atoms with Crippen LogP contribution in [-0.4, -0.2) is 47.4 Å². The Morgan fingerprint density at radius 3 is 0.886 bits per heavy atom. The van der Waals surface area contributed by atoms with Crippen molar-refractivity contribution in [3.8, 4) is 0 Å². The summed E-state index contributed by atoms with van der Waals surface area (Å²) in [4.78, 5) is 24.7. The van der Waals surface area contributed by atoms with Crippen molar-refractivity contribution in [2.75, 3.05) is 13.2 Å². The van der Waals surface area contributed by atoms with Gasteiger partial charge in [0.05, 0.1) is 25.4 Å².